The largest absolute Gasteiger partial charge is 0.437 e. The zero-order valence-corrected chi connectivity index (χ0v) is 9.45. The number of anilines is 1. The summed E-state index contributed by atoms with van der Waals surface area (Å²) in [6.07, 6.45) is 4.64. The maximum Gasteiger partial charge on any atom is 0.245 e. The van der Waals surface area contributed by atoms with E-state index in [1.807, 2.05) is 30.3 Å². The van der Waals surface area contributed by atoms with Gasteiger partial charge in [-0.2, -0.15) is 4.98 Å². The van der Waals surface area contributed by atoms with Gasteiger partial charge in [0.15, 0.2) is 0 Å². The topological polar surface area (TPSA) is 73.9 Å². The Labute approximate surface area is 103 Å². The molecule has 1 aromatic carbocycles. The third kappa shape index (κ3) is 1.93. The highest BCUT2D eigenvalue weighted by atomic mass is 16.5. The number of benzene rings is 1. The summed E-state index contributed by atoms with van der Waals surface area (Å²) in [6.45, 7) is 0. The Bertz CT molecular complexity index is 699. The molecule has 2 heterocycles. The van der Waals surface area contributed by atoms with Gasteiger partial charge in [0, 0.05) is 17.6 Å². The molecule has 0 bridgehead atoms. The fourth-order valence-electron chi connectivity index (χ4n) is 1.64. The number of rotatable bonds is 2. The van der Waals surface area contributed by atoms with Crippen LogP contribution in [0, 0.1) is 0 Å². The van der Waals surface area contributed by atoms with E-state index in [1.54, 1.807) is 6.20 Å². The quantitative estimate of drug-likeness (QED) is 0.742. The lowest BCUT2D eigenvalue weighted by atomic mass is 10.2. The van der Waals surface area contributed by atoms with Gasteiger partial charge >= 0.3 is 0 Å². The average Bonchev–Trinajstić information content (AvgIpc) is 2.41. The number of pyridine rings is 1. The second kappa shape index (κ2) is 4.29. The number of aromatic nitrogens is 3. The smallest absolute Gasteiger partial charge is 0.245 e. The van der Waals surface area contributed by atoms with Crippen LogP contribution in [-0.2, 0) is 0 Å². The molecule has 0 atom stereocenters. The first-order chi connectivity index (χ1) is 8.83. The van der Waals surface area contributed by atoms with E-state index < -0.39 is 0 Å². The van der Waals surface area contributed by atoms with E-state index in [9.17, 15) is 0 Å². The number of nitrogens with two attached hydrogens (primary N) is 1. The number of fused-ring (bicyclic) bond motifs is 1. The maximum atomic E-state index is 5.72. The van der Waals surface area contributed by atoms with Crippen LogP contribution in [0.2, 0.25) is 0 Å². The monoisotopic (exact) mass is 238 g/mol. The van der Waals surface area contributed by atoms with Gasteiger partial charge in [0.05, 0.1) is 11.7 Å². The number of nitrogen functional groups attached to an aromatic ring is 1. The van der Waals surface area contributed by atoms with E-state index in [2.05, 4.69) is 15.0 Å². The van der Waals surface area contributed by atoms with Crippen molar-refractivity contribution < 1.29 is 4.74 Å². The summed E-state index contributed by atoms with van der Waals surface area (Å²) in [4.78, 5) is 12.0. The van der Waals surface area contributed by atoms with E-state index in [1.165, 1.54) is 12.5 Å². The van der Waals surface area contributed by atoms with E-state index in [0.29, 0.717) is 17.3 Å². The molecular formula is C13H10N4O. The van der Waals surface area contributed by atoms with Crippen LogP contribution in [0.1, 0.15) is 0 Å². The maximum absolute atomic E-state index is 5.72. The molecule has 5 heteroatoms. The molecule has 3 aromatic rings. The van der Waals surface area contributed by atoms with Gasteiger partial charge in [0.1, 0.15) is 17.8 Å². The predicted octanol–water partition coefficient (Wildman–Crippen LogP) is 2.40. The highest BCUT2D eigenvalue weighted by molar-refractivity contribution is 5.79. The van der Waals surface area contributed by atoms with Gasteiger partial charge in [-0.3, -0.25) is 4.98 Å². The van der Waals surface area contributed by atoms with Crippen molar-refractivity contribution in [1.29, 1.82) is 0 Å². The number of hydrogen-bond donors (Lipinski definition) is 1. The Morgan fingerprint density at radius 2 is 2.06 bits per heavy atom. The van der Waals surface area contributed by atoms with Crippen LogP contribution in [0.4, 0.5) is 5.69 Å². The molecule has 0 unspecified atom stereocenters. The van der Waals surface area contributed by atoms with Crippen molar-refractivity contribution in [3.63, 3.8) is 0 Å². The first kappa shape index (κ1) is 10.5. The second-order valence-electron chi connectivity index (χ2n) is 3.74. The lowest BCUT2D eigenvalue weighted by Gasteiger charge is -2.06. The van der Waals surface area contributed by atoms with Gasteiger partial charge in [0.25, 0.3) is 0 Å². The summed E-state index contributed by atoms with van der Waals surface area (Å²) < 4.78 is 5.60. The molecule has 0 spiro atoms. The molecule has 5 nitrogen and oxygen atoms in total. The summed E-state index contributed by atoms with van der Waals surface area (Å²) in [5.41, 5.74) is 6.98. The molecule has 0 aliphatic rings. The molecule has 0 aliphatic heterocycles. The van der Waals surface area contributed by atoms with Gasteiger partial charge in [-0.25, -0.2) is 4.98 Å². The van der Waals surface area contributed by atoms with E-state index in [-0.39, 0.29) is 0 Å². The standard InChI is InChI=1S/C13H10N4O/c14-11-7-15-8-17-13(11)18-10-4-3-9-2-1-5-16-12(9)6-10/h1-8H,14H2. The number of ether oxygens (including phenoxy) is 1. The molecule has 0 amide bonds. The molecule has 2 N–H and O–H groups in total. The second-order valence-corrected chi connectivity index (χ2v) is 3.74. The Morgan fingerprint density at radius 1 is 1.11 bits per heavy atom. The number of hydrogen-bond acceptors (Lipinski definition) is 5. The molecule has 18 heavy (non-hydrogen) atoms. The van der Waals surface area contributed by atoms with Gasteiger partial charge in [0.2, 0.25) is 5.88 Å². The Hall–Kier alpha value is -2.69. The lowest BCUT2D eigenvalue weighted by Crippen LogP contribution is -1.95. The van der Waals surface area contributed by atoms with Gasteiger partial charge in [-0.15, -0.1) is 0 Å². The van der Waals surface area contributed by atoms with Crippen LogP contribution < -0.4 is 10.5 Å². The third-order valence-corrected chi connectivity index (χ3v) is 2.49. The zero-order chi connectivity index (χ0) is 12.4. The highest BCUT2D eigenvalue weighted by Crippen LogP contribution is 2.26. The minimum atomic E-state index is 0.347. The first-order valence-electron chi connectivity index (χ1n) is 5.41. The van der Waals surface area contributed by atoms with Crippen molar-refractivity contribution in [1.82, 2.24) is 15.0 Å². The average molecular weight is 238 g/mol. The van der Waals surface area contributed by atoms with Gasteiger partial charge < -0.3 is 10.5 Å². The van der Waals surface area contributed by atoms with Crippen molar-refractivity contribution in [2.24, 2.45) is 0 Å². The summed E-state index contributed by atoms with van der Waals surface area (Å²) in [5, 5.41) is 1.06. The van der Waals surface area contributed by atoms with E-state index in [0.717, 1.165) is 10.9 Å². The van der Waals surface area contributed by atoms with Crippen molar-refractivity contribution in [3.8, 4) is 11.6 Å². The summed E-state index contributed by atoms with van der Waals surface area (Å²) in [5.74, 6) is 0.992. The molecule has 2 aromatic heterocycles. The molecular weight excluding hydrogens is 228 g/mol. The van der Waals surface area contributed by atoms with Gasteiger partial charge in [-0.1, -0.05) is 6.07 Å². The van der Waals surface area contributed by atoms with Gasteiger partial charge in [-0.05, 0) is 18.2 Å². The van der Waals surface area contributed by atoms with Crippen molar-refractivity contribution >= 4 is 16.6 Å². The van der Waals surface area contributed by atoms with Crippen LogP contribution in [-0.4, -0.2) is 15.0 Å². The lowest BCUT2D eigenvalue weighted by molar-refractivity contribution is 0.465. The van der Waals surface area contributed by atoms with E-state index in [4.69, 9.17) is 10.5 Å². The Kier molecular flexibility index (Phi) is 2.49. The van der Waals surface area contributed by atoms with Crippen LogP contribution in [0.15, 0.2) is 49.1 Å². The molecule has 0 radical (unpaired) electrons. The molecule has 0 aliphatic carbocycles. The molecule has 0 saturated carbocycles. The van der Waals surface area contributed by atoms with Crippen LogP contribution in [0.25, 0.3) is 10.9 Å². The minimum absolute atomic E-state index is 0.347. The van der Waals surface area contributed by atoms with Crippen LogP contribution >= 0.6 is 0 Å². The summed E-state index contributed by atoms with van der Waals surface area (Å²) in [7, 11) is 0. The first-order valence-corrected chi connectivity index (χ1v) is 5.41. The molecule has 88 valence electrons. The Balaban J connectivity index is 1.98. The van der Waals surface area contributed by atoms with Crippen LogP contribution in [0.5, 0.6) is 11.6 Å². The SMILES string of the molecule is Nc1cncnc1Oc1ccc2cccnc2c1. The third-order valence-electron chi connectivity index (χ3n) is 2.49. The van der Waals surface area contributed by atoms with E-state index >= 15 is 0 Å². The zero-order valence-electron chi connectivity index (χ0n) is 9.45. The summed E-state index contributed by atoms with van der Waals surface area (Å²) >= 11 is 0. The summed E-state index contributed by atoms with van der Waals surface area (Å²) in [6, 6.07) is 9.52. The fraction of sp³-hybridized carbons (Fsp3) is 0. The minimum Gasteiger partial charge on any atom is -0.437 e. The molecule has 3 rings (SSSR count). The van der Waals surface area contributed by atoms with Crippen molar-refractivity contribution in [3.05, 3.63) is 49.1 Å². The fourth-order valence-corrected chi connectivity index (χ4v) is 1.64. The molecule has 0 saturated heterocycles. The number of nitrogens with zero attached hydrogens (tertiary/aromatic N) is 3. The van der Waals surface area contributed by atoms with Crippen molar-refractivity contribution in [2.75, 3.05) is 5.73 Å². The predicted molar refractivity (Wildman–Crippen MR) is 68.3 cm³/mol. The molecule has 0 fully saturated rings. The Morgan fingerprint density at radius 3 is 2.94 bits per heavy atom. The normalized spacial score (nSPS) is 10.4. The highest BCUT2D eigenvalue weighted by Gasteiger charge is 2.04. The van der Waals surface area contributed by atoms with Crippen LogP contribution in [0.3, 0.4) is 0 Å². The van der Waals surface area contributed by atoms with Crippen molar-refractivity contribution in [2.45, 2.75) is 0 Å².